The van der Waals surface area contributed by atoms with E-state index >= 15 is 0 Å². The van der Waals surface area contributed by atoms with E-state index in [0.29, 0.717) is 57.6 Å². The van der Waals surface area contributed by atoms with Crippen LogP contribution in [0, 0.1) is 13.8 Å². The van der Waals surface area contributed by atoms with Gasteiger partial charge in [-0.25, -0.2) is 0 Å². The Kier molecular flexibility index (Phi) is 4.78. The molecule has 2 aliphatic heterocycles. The first-order valence-electron chi connectivity index (χ1n) is 9.65. The third kappa shape index (κ3) is 3.51. The molecule has 0 aliphatic carbocycles. The number of hydrogen-bond donors (Lipinski definition) is 1. The Bertz CT molecular complexity index is 918. The van der Waals surface area contributed by atoms with Crippen LogP contribution in [0.1, 0.15) is 36.0 Å². The summed E-state index contributed by atoms with van der Waals surface area (Å²) < 4.78 is 11.4. The van der Waals surface area contributed by atoms with Crippen LogP contribution in [0.3, 0.4) is 0 Å². The van der Waals surface area contributed by atoms with E-state index < -0.39 is 5.79 Å². The Morgan fingerprint density at radius 3 is 2.59 bits per heavy atom. The summed E-state index contributed by atoms with van der Waals surface area (Å²) in [7, 11) is 0. The van der Waals surface area contributed by atoms with E-state index in [-0.39, 0.29) is 11.5 Å². The van der Waals surface area contributed by atoms with Crippen LogP contribution >= 0.6 is 0 Å². The van der Waals surface area contributed by atoms with Crippen molar-refractivity contribution in [2.45, 2.75) is 45.3 Å². The molecule has 144 valence electrons. The van der Waals surface area contributed by atoms with E-state index in [0.717, 1.165) is 22.0 Å². The van der Waals surface area contributed by atoms with Gasteiger partial charge in [-0.1, -0.05) is 12.1 Å². The van der Waals surface area contributed by atoms with E-state index in [2.05, 4.69) is 11.1 Å². The molecular weight excluding hydrogens is 344 g/mol. The Balaban J connectivity index is 1.41. The van der Waals surface area contributed by atoms with Gasteiger partial charge in [-0.2, -0.15) is 0 Å². The summed E-state index contributed by atoms with van der Waals surface area (Å²) in [5.74, 6) is -0.384. The SMILES string of the molecule is Cc1ccc2cc(CCC(=O)N3CCC4(CC3)OCCO4)c(=O)[nH]c2c1C. The predicted octanol–water partition coefficient (Wildman–Crippen LogP) is 2.44. The summed E-state index contributed by atoms with van der Waals surface area (Å²) in [5.41, 5.74) is 3.68. The van der Waals surface area contributed by atoms with E-state index in [1.54, 1.807) is 0 Å². The maximum atomic E-state index is 12.6. The molecule has 0 saturated carbocycles. The van der Waals surface area contributed by atoms with Crippen molar-refractivity contribution in [3.8, 4) is 0 Å². The van der Waals surface area contributed by atoms with Crippen LogP contribution in [0.5, 0.6) is 0 Å². The predicted molar refractivity (Wildman–Crippen MR) is 103 cm³/mol. The van der Waals surface area contributed by atoms with Gasteiger partial charge in [0.05, 0.1) is 18.7 Å². The Hall–Kier alpha value is -2.18. The third-order valence-electron chi connectivity index (χ3n) is 5.93. The van der Waals surface area contributed by atoms with Gasteiger partial charge in [0.25, 0.3) is 5.56 Å². The fraction of sp³-hybridized carbons (Fsp3) is 0.524. The molecule has 0 atom stereocenters. The minimum Gasteiger partial charge on any atom is -0.347 e. The van der Waals surface area contributed by atoms with E-state index in [4.69, 9.17) is 9.47 Å². The number of piperidine rings is 1. The molecule has 1 aromatic heterocycles. The molecule has 2 saturated heterocycles. The number of carbonyl (C=O) groups is 1. The number of rotatable bonds is 3. The van der Waals surface area contributed by atoms with Crippen LogP contribution < -0.4 is 5.56 Å². The topological polar surface area (TPSA) is 71.6 Å². The minimum absolute atomic E-state index is 0.0856. The number of aromatic amines is 1. The second-order valence-electron chi connectivity index (χ2n) is 7.58. The van der Waals surface area contributed by atoms with Crippen molar-refractivity contribution in [3.63, 3.8) is 0 Å². The number of aromatic nitrogens is 1. The molecule has 2 aromatic rings. The Labute approximate surface area is 158 Å². The van der Waals surface area contributed by atoms with Gasteiger partial charge in [0.1, 0.15) is 0 Å². The van der Waals surface area contributed by atoms with Gasteiger partial charge < -0.3 is 19.4 Å². The lowest BCUT2D eigenvalue weighted by Gasteiger charge is -2.37. The highest BCUT2D eigenvalue weighted by Crippen LogP contribution is 2.31. The number of nitrogens with zero attached hydrogens (tertiary/aromatic N) is 1. The number of amides is 1. The quantitative estimate of drug-likeness (QED) is 0.901. The van der Waals surface area contributed by atoms with Crippen LogP contribution in [0.15, 0.2) is 23.0 Å². The molecule has 1 amide bonds. The van der Waals surface area contributed by atoms with Crippen molar-refractivity contribution >= 4 is 16.8 Å². The average Bonchev–Trinajstić information content (AvgIpc) is 3.12. The number of likely N-dealkylation sites (tertiary alicyclic amines) is 1. The number of ether oxygens (including phenoxy) is 2. The van der Waals surface area contributed by atoms with Crippen molar-refractivity contribution in [2.24, 2.45) is 0 Å². The molecule has 0 bridgehead atoms. The summed E-state index contributed by atoms with van der Waals surface area (Å²) >= 11 is 0. The van der Waals surface area contributed by atoms with Gasteiger partial charge in [0.2, 0.25) is 5.91 Å². The smallest absolute Gasteiger partial charge is 0.251 e. The van der Waals surface area contributed by atoms with Gasteiger partial charge in [-0.05, 0) is 42.8 Å². The summed E-state index contributed by atoms with van der Waals surface area (Å²) in [6.45, 7) is 6.61. The highest BCUT2D eigenvalue weighted by atomic mass is 16.7. The van der Waals surface area contributed by atoms with E-state index in [1.807, 2.05) is 30.9 Å². The number of benzene rings is 1. The molecule has 4 rings (SSSR count). The first-order chi connectivity index (χ1) is 13.0. The van der Waals surface area contributed by atoms with E-state index in [1.165, 1.54) is 0 Å². The molecule has 0 unspecified atom stereocenters. The van der Waals surface area contributed by atoms with Gasteiger partial charge in [-0.3, -0.25) is 9.59 Å². The van der Waals surface area contributed by atoms with Crippen LogP contribution in [-0.2, 0) is 20.7 Å². The minimum atomic E-state index is -0.470. The van der Waals surface area contributed by atoms with Gasteiger partial charge >= 0.3 is 0 Å². The summed E-state index contributed by atoms with van der Waals surface area (Å²) in [6.07, 6.45) is 2.22. The van der Waals surface area contributed by atoms with Gasteiger partial charge in [0, 0.05) is 37.9 Å². The number of carbonyl (C=O) groups excluding carboxylic acids is 1. The lowest BCUT2D eigenvalue weighted by molar-refractivity contribution is -0.187. The first-order valence-corrected chi connectivity index (χ1v) is 9.65. The van der Waals surface area contributed by atoms with Crippen LogP contribution in [0.4, 0.5) is 0 Å². The first kappa shape index (κ1) is 18.2. The van der Waals surface area contributed by atoms with Gasteiger partial charge in [0.15, 0.2) is 5.79 Å². The summed E-state index contributed by atoms with van der Waals surface area (Å²) in [4.78, 5) is 29.9. The zero-order valence-corrected chi connectivity index (χ0v) is 16.0. The average molecular weight is 370 g/mol. The maximum Gasteiger partial charge on any atom is 0.251 e. The fourth-order valence-electron chi connectivity index (χ4n) is 4.04. The van der Waals surface area contributed by atoms with Crippen molar-refractivity contribution in [1.29, 1.82) is 0 Å². The summed E-state index contributed by atoms with van der Waals surface area (Å²) in [6, 6.07) is 5.99. The molecule has 27 heavy (non-hydrogen) atoms. The largest absolute Gasteiger partial charge is 0.347 e. The number of H-pyrrole nitrogens is 1. The van der Waals surface area contributed by atoms with Gasteiger partial charge in [-0.15, -0.1) is 0 Å². The monoisotopic (exact) mass is 370 g/mol. The fourth-order valence-corrected chi connectivity index (χ4v) is 4.04. The van der Waals surface area contributed by atoms with Crippen molar-refractivity contribution in [2.75, 3.05) is 26.3 Å². The number of pyridine rings is 1. The molecule has 1 N–H and O–H groups in total. The van der Waals surface area contributed by atoms with Crippen LogP contribution in [0.25, 0.3) is 10.9 Å². The zero-order valence-electron chi connectivity index (χ0n) is 16.0. The molecule has 2 aliphatic rings. The zero-order chi connectivity index (χ0) is 19.0. The summed E-state index contributed by atoms with van der Waals surface area (Å²) in [5, 5.41) is 1.01. The number of fused-ring (bicyclic) bond motifs is 1. The van der Waals surface area contributed by atoms with E-state index in [9.17, 15) is 9.59 Å². The normalized spacial score (nSPS) is 19.1. The number of aryl methyl sites for hydroxylation is 3. The molecule has 2 fully saturated rings. The molecule has 1 aromatic carbocycles. The van der Waals surface area contributed by atoms with Crippen molar-refractivity contribution in [1.82, 2.24) is 9.88 Å². The molecule has 3 heterocycles. The third-order valence-corrected chi connectivity index (χ3v) is 5.93. The Morgan fingerprint density at radius 1 is 1.19 bits per heavy atom. The highest BCUT2D eigenvalue weighted by molar-refractivity contribution is 5.83. The number of hydrogen-bond acceptors (Lipinski definition) is 4. The lowest BCUT2D eigenvalue weighted by atomic mass is 10.0. The number of nitrogens with one attached hydrogen (secondary N) is 1. The second-order valence-corrected chi connectivity index (χ2v) is 7.58. The second kappa shape index (κ2) is 7.09. The van der Waals surface area contributed by atoms with Crippen molar-refractivity contribution in [3.05, 3.63) is 45.2 Å². The highest BCUT2D eigenvalue weighted by Gasteiger charge is 2.40. The molecule has 6 nitrogen and oxygen atoms in total. The molecular formula is C21H26N2O4. The molecule has 6 heteroatoms. The maximum absolute atomic E-state index is 12.6. The molecule has 0 radical (unpaired) electrons. The van der Waals surface area contributed by atoms with Crippen molar-refractivity contribution < 1.29 is 14.3 Å². The Morgan fingerprint density at radius 2 is 1.89 bits per heavy atom. The lowest BCUT2D eigenvalue weighted by Crippen LogP contribution is -2.47. The van der Waals surface area contributed by atoms with Crippen LogP contribution in [-0.4, -0.2) is 47.9 Å². The standard InChI is InChI=1S/C21H26N2O4/c1-14-3-4-16-13-17(20(25)22-19(16)15(14)2)5-6-18(24)23-9-7-21(8-10-23)26-11-12-27-21/h3-4,13H,5-12H2,1-2H3,(H,22,25). The van der Waals surface area contributed by atoms with Crippen LogP contribution in [0.2, 0.25) is 0 Å². The molecule has 1 spiro atoms.